The fraction of sp³-hybridized carbons (Fsp3) is 0.458. The van der Waals surface area contributed by atoms with E-state index < -0.39 is 0 Å². The molecule has 1 saturated carbocycles. The van der Waals surface area contributed by atoms with E-state index in [-0.39, 0.29) is 17.5 Å². The first-order valence-electron chi connectivity index (χ1n) is 11.2. The van der Waals surface area contributed by atoms with Crippen molar-refractivity contribution in [2.24, 2.45) is 5.92 Å². The van der Waals surface area contributed by atoms with Crippen molar-refractivity contribution in [3.8, 4) is 11.1 Å². The van der Waals surface area contributed by atoms with Gasteiger partial charge in [0.05, 0.1) is 6.04 Å². The summed E-state index contributed by atoms with van der Waals surface area (Å²) in [4.78, 5) is 33.5. The molecule has 7 nitrogen and oxygen atoms in total. The molecule has 2 aromatic rings. The summed E-state index contributed by atoms with van der Waals surface area (Å²) in [6.07, 6.45) is 14.8. The molecular weight excluding hydrogens is 390 g/mol. The van der Waals surface area contributed by atoms with Gasteiger partial charge in [0.25, 0.3) is 5.56 Å². The first kappa shape index (κ1) is 21.2. The van der Waals surface area contributed by atoms with E-state index in [4.69, 9.17) is 0 Å². The number of aromatic nitrogens is 2. The molecule has 1 aliphatic carbocycles. The Morgan fingerprint density at radius 3 is 2.81 bits per heavy atom. The highest BCUT2D eigenvalue weighted by atomic mass is 16.2. The minimum atomic E-state index is -0.163. The molecule has 4 rings (SSSR count). The van der Waals surface area contributed by atoms with Crippen molar-refractivity contribution in [1.82, 2.24) is 14.9 Å². The number of nitrogens with zero attached hydrogens (tertiary/aromatic N) is 2. The third-order valence-corrected chi connectivity index (χ3v) is 6.26. The number of hydrogen-bond acceptors (Lipinski definition) is 5. The molecule has 164 valence electrons. The molecule has 2 aromatic heterocycles. The van der Waals surface area contributed by atoms with Crippen LogP contribution in [0.2, 0.25) is 0 Å². The molecule has 0 atom stereocenters. The van der Waals surface area contributed by atoms with Gasteiger partial charge in [-0.05, 0) is 42.2 Å². The second-order valence-corrected chi connectivity index (χ2v) is 8.54. The molecular formula is C24H31N5O2. The van der Waals surface area contributed by atoms with E-state index in [1.54, 1.807) is 18.5 Å². The number of carbonyl (C=O) groups is 1. The van der Waals surface area contributed by atoms with Crippen molar-refractivity contribution >= 4 is 17.4 Å². The second-order valence-electron chi connectivity index (χ2n) is 8.54. The van der Waals surface area contributed by atoms with Gasteiger partial charge in [0.2, 0.25) is 5.91 Å². The Balaban J connectivity index is 1.30. The molecule has 3 N–H and O–H groups in total. The molecule has 31 heavy (non-hydrogen) atoms. The van der Waals surface area contributed by atoms with Gasteiger partial charge in [-0.2, -0.15) is 0 Å². The van der Waals surface area contributed by atoms with Crippen molar-refractivity contribution in [3.63, 3.8) is 0 Å². The van der Waals surface area contributed by atoms with Crippen LogP contribution < -0.4 is 16.2 Å². The largest absolute Gasteiger partial charge is 0.374 e. The van der Waals surface area contributed by atoms with Gasteiger partial charge < -0.3 is 20.5 Å². The lowest BCUT2D eigenvalue weighted by Crippen LogP contribution is -2.57. The van der Waals surface area contributed by atoms with Crippen LogP contribution in [-0.2, 0) is 4.79 Å². The first-order valence-corrected chi connectivity index (χ1v) is 11.2. The number of aromatic amines is 1. The predicted molar refractivity (Wildman–Crippen MR) is 124 cm³/mol. The van der Waals surface area contributed by atoms with E-state index in [2.05, 4.69) is 20.6 Å². The van der Waals surface area contributed by atoms with E-state index in [0.29, 0.717) is 18.8 Å². The van der Waals surface area contributed by atoms with Crippen LogP contribution in [-0.4, -0.2) is 47.0 Å². The topological polar surface area (TPSA) is 90.1 Å². The Morgan fingerprint density at radius 2 is 2.03 bits per heavy atom. The van der Waals surface area contributed by atoms with Crippen LogP contribution in [0, 0.1) is 5.92 Å². The summed E-state index contributed by atoms with van der Waals surface area (Å²) >= 11 is 0. The molecule has 7 heteroatoms. The molecule has 0 unspecified atom stereocenters. The smallest absolute Gasteiger partial charge is 0.271 e. The van der Waals surface area contributed by atoms with Crippen molar-refractivity contribution < 1.29 is 4.79 Å². The van der Waals surface area contributed by atoms with E-state index in [0.717, 1.165) is 29.3 Å². The second kappa shape index (κ2) is 9.81. The molecule has 0 radical (unpaired) electrons. The van der Waals surface area contributed by atoms with Crippen LogP contribution in [0.4, 0.5) is 11.5 Å². The number of carbonyl (C=O) groups excluding carboxylic acids is 1. The summed E-state index contributed by atoms with van der Waals surface area (Å²) < 4.78 is 0. The van der Waals surface area contributed by atoms with Crippen molar-refractivity contribution in [2.75, 3.05) is 30.8 Å². The monoisotopic (exact) mass is 421 g/mol. The summed E-state index contributed by atoms with van der Waals surface area (Å²) in [5.74, 6) is 1.57. The van der Waals surface area contributed by atoms with E-state index >= 15 is 0 Å². The summed E-state index contributed by atoms with van der Waals surface area (Å²) in [5, 5.41) is 6.31. The lowest BCUT2D eigenvalue weighted by molar-refractivity contribution is -0.129. The van der Waals surface area contributed by atoms with Gasteiger partial charge in [-0.25, -0.2) is 4.98 Å². The Labute approximate surface area is 183 Å². The lowest BCUT2D eigenvalue weighted by atomic mass is 9.87. The number of likely N-dealkylation sites (tertiary alicyclic amines) is 1. The molecule has 0 bridgehead atoms. The predicted octanol–water partition coefficient (Wildman–Crippen LogP) is 3.63. The minimum Gasteiger partial charge on any atom is -0.374 e. The van der Waals surface area contributed by atoms with Gasteiger partial charge in [0, 0.05) is 38.1 Å². The maximum atomic E-state index is 12.4. The van der Waals surface area contributed by atoms with Crippen molar-refractivity contribution in [1.29, 1.82) is 0 Å². The van der Waals surface area contributed by atoms with Gasteiger partial charge >= 0.3 is 0 Å². The summed E-state index contributed by atoms with van der Waals surface area (Å²) in [7, 11) is 1.82. The lowest BCUT2D eigenvalue weighted by Gasteiger charge is -2.39. The summed E-state index contributed by atoms with van der Waals surface area (Å²) in [5.41, 5.74) is 2.22. The standard InChI is InChI=1S/C24H31N5O2/c1-25-22-13-18(10-11-26-22)19-12-21(24(31)27-14-19)28-20-15-29(16-20)23(30)9-5-8-17-6-3-2-4-7-17/h5,9-14,17,20,28H,2-4,6-8,15-16H2,1H3,(H,25,26)(H,27,31). The Kier molecular flexibility index (Phi) is 6.70. The molecule has 0 aromatic carbocycles. The number of hydrogen-bond donors (Lipinski definition) is 3. The van der Waals surface area contributed by atoms with Gasteiger partial charge in [0.1, 0.15) is 11.5 Å². The third kappa shape index (κ3) is 5.34. The average Bonchev–Trinajstić information content (AvgIpc) is 2.77. The van der Waals surface area contributed by atoms with Gasteiger partial charge in [0.15, 0.2) is 0 Å². The zero-order valence-electron chi connectivity index (χ0n) is 18.1. The van der Waals surface area contributed by atoms with Gasteiger partial charge in [-0.3, -0.25) is 9.59 Å². The number of rotatable bonds is 7. The Hall–Kier alpha value is -3.09. The van der Waals surface area contributed by atoms with E-state index in [1.807, 2.05) is 36.2 Å². The van der Waals surface area contributed by atoms with Gasteiger partial charge in [-0.1, -0.05) is 38.2 Å². The maximum Gasteiger partial charge on any atom is 0.271 e. The highest BCUT2D eigenvalue weighted by Crippen LogP contribution is 2.26. The highest BCUT2D eigenvalue weighted by molar-refractivity contribution is 5.88. The van der Waals surface area contributed by atoms with Crippen molar-refractivity contribution in [3.05, 3.63) is 53.1 Å². The summed E-state index contributed by atoms with van der Waals surface area (Å²) in [6, 6.07) is 5.77. The normalized spacial score (nSPS) is 17.5. The quantitative estimate of drug-likeness (QED) is 0.594. The SMILES string of the molecule is CNc1cc(-c2c[nH]c(=O)c(NC3CN(C(=O)C=CCC4CCCCC4)C3)c2)ccn1. The van der Waals surface area contributed by atoms with Crippen LogP contribution in [0.15, 0.2) is 47.5 Å². The number of anilines is 2. The van der Waals surface area contributed by atoms with Crippen LogP contribution in [0.25, 0.3) is 11.1 Å². The average molecular weight is 422 g/mol. The molecule has 1 amide bonds. The number of amides is 1. The van der Waals surface area contributed by atoms with Crippen LogP contribution >= 0.6 is 0 Å². The zero-order chi connectivity index (χ0) is 21.6. The van der Waals surface area contributed by atoms with E-state index in [1.165, 1.54) is 32.1 Å². The number of pyridine rings is 2. The molecule has 1 aliphatic heterocycles. The molecule has 2 fully saturated rings. The minimum absolute atomic E-state index is 0.0629. The number of allylic oxidation sites excluding steroid dienone is 1. The third-order valence-electron chi connectivity index (χ3n) is 6.26. The fourth-order valence-electron chi connectivity index (χ4n) is 4.36. The highest BCUT2D eigenvalue weighted by Gasteiger charge is 2.29. The maximum absolute atomic E-state index is 12.4. The number of nitrogens with one attached hydrogen (secondary N) is 3. The molecule has 0 spiro atoms. The van der Waals surface area contributed by atoms with Crippen LogP contribution in [0.5, 0.6) is 0 Å². The molecule has 2 aliphatic rings. The van der Waals surface area contributed by atoms with Crippen LogP contribution in [0.3, 0.4) is 0 Å². The van der Waals surface area contributed by atoms with E-state index in [9.17, 15) is 9.59 Å². The van der Waals surface area contributed by atoms with Gasteiger partial charge in [-0.15, -0.1) is 0 Å². The Bertz CT molecular complexity index is 987. The fourth-order valence-corrected chi connectivity index (χ4v) is 4.36. The summed E-state index contributed by atoms with van der Waals surface area (Å²) in [6.45, 7) is 1.21. The molecule has 3 heterocycles. The first-order chi connectivity index (χ1) is 15.1. The molecule has 1 saturated heterocycles. The Morgan fingerprint density at radius 1 is 1.23 bits per heavy atom. The van der Waals surface area contributed by atoms with Crippen LogP contribution in [0.1, 0.15) is 38.5 Å². The van der Waals surface area contributed by atoms with Crippen molar-refractivity contribution in [2.45, 2.75) is 44.6 Å². The zero-order valence-corrected chi connectivity index (χ0v) is 18.1. The number of H-pyrrole nitrogens is 1.